The second-order valence-corrected chi connectivity index (χ2v) is 8.95. The fourth-order valence-corrected chi connectivity index (χ4v) is 4.26. The van der Waals surface area contributed by atoms with Gasteiger partial charge in [-0.2, -0.15) is 13.2 Å². The summed E-state index contributed by atoms with van der Waals surface area (Å²) in [5.41, 5.74) is 2.97. The number of alkyl halides is 3. The highest BCUT2D eigenvalue weighted by molar-refractivity contribution is 7.98. The molecule has 0 radical (unpaired) electrons. The van der Waals surface area contributed by atoms with Gasteiger partial charge in [0.2, 0.25) is 5.82 Å². The molecule has 12 heteroatoms. The molecule has 0 spiro atoms. The van der Waals surface area contributed by atoms with Crippen molar-refractivity contribution < 1.29 is 27.5 Å². The molecular weight excluding hydrogens is 486 g/mol. The summed E-state index contributed by atoms with van der Waals surface area (Å²) in [5, 5.41) is 9.35. The third kappa shape index (κ3) is 5.42. The predicted octanol–water partition coefficient (Wildman–Crippen LogP) is 5.55. The van der Waals surface area contributed by atoms with E-state index in [2.05, 4.69) is 19.9 Å². The first-order chi connectivity index (χ1) is 16.5. The van der Waals surface area contributed by atoms with E-state index in [1.165, 1.54) is 23.9 Å². The van der Waals surface area contributed by atoms with Crippen molar-refractivity contribution in [3.63, 3.8) is 0 Å². The Morgan fingerprint density at radius 2 is 1.86 bits per heavy atom. The Morgan fingerprint density at radius 1 is 1.14 bits per heavy atom. The van der Waals surface area contributed by atoms with Crippen molar-refractivity contribution in [2.24, 2.45) is 0 Å². The SMILES string of the molecule is CC(C)n1cc(-c2cnc(C(F)(F)F)nc2)c2nc(SCc3ccc(F)c(CC(=O)O)c3)ncc21. The molecule has 1 aromatic carbocycles. The summed E-state index contributed by atoms with van der Waals surface area (Å²) in [7, 11) is 0. The summed E-state index contributed by atoms with van der Waals surface area (Å²) in [6.45, 7) is 3.91. The van der Waals surface area contributed by atoms with Gasteiger partial charge in [-0.05, 0) is 31.0 Å². The van der Waals surface area contributed by atoms with Gasteiger partial charge in [-0.3, -0.25) is 4.79 Å². The molecule has 4 aromatic rings. The van der Waals surface area contributed by atoms with Crippen LogP contribution in [-0.2, 0) is 23.1 Å². The van der Waals surface area contributed by atoms with E-state index in [1.54, 1.807) is 18.5 Å². The van der Waals surface area contributed by atoms with Crippen molar-refractivity contribution in [2.75, 3.05) is 0 Å². The molecule has 0 aliphatic rings. The molecule has 0 atom stereocenters. The molecule has 0 aliphatic carbocycles. The Morgan fingerprint density at radius 3 is 2.49 bits per heavy atom. The first-order valence-corrected chi connectivity index (χ1v) is 11.4. The van der Waals surface area contributed by atoms with Crippen molar-refractivity contribution in [1.82, 2.24) is 24.5 Å². The molecule has 1 N–H and O–H groups in total. The average Bonchev–Trinajstić information content (AvgIpc) is 3.18. The second kappa shape index (κ2) is 9.61. The molecule has 0 unspecified atom stereocenters. The van der Waals surface area contributed by atoms with Gasteiger partial charge in [0.15, 0.2) is 5.16 Å². The molecular formula is C23H19F4N5O2S. The predicted molar refractivity (Wildman–Crippen MR) is 121 cm³/mol. The van der Waals surface area contributed by atoms with E-state index in [-0.39, 0.29) is 11.6 Å². The minimum Gasteiger partial charge on any atom is -0.481 e. The number of carboxylic acids is 1. The first-order valence-electron chi connectivity index (χ1n) is 10.4. The average molecular weight is 505 g/mol. The number of carbonyl (C=O) groups is 1. The molecule has 0 aliphatic heterocycles. The molecule has 0 bridgehead atoms. The van der Waals surface area contributed by atoms with Crippen molar-refractivity contribution >= 4 is 28.8 Å². The summed E-state index contributed by atoms with van der Waals surface area (Å²) in [4.78, 5) is 26.9. The lowest BCUT2D eigenvalue weighted by atomic mass is 10.1. The van der Waals surface area contributed by atoms with Crippen LogP contribution in [0.5, 0.6) is 0 Å². The smallest absolute Gasteiger partial charge is 0.451 e. The van der Waals surface area contributed by atoms with Crippen LogP contribution in [0.15, 0.2) is 48.1 Å². The second-order valence-electron chi connectivity index (χ2n) is 8.01. The molecule has 0 amide bonds. The lowest BCUT2D eigenvalue weighted by molar-refractivity contribution is -0.145. The number of thioether (sulfide) groups is 1. The van der Waals surface area contributed by atoms with Gasteiger partial charge in [0.1, 0.15) is 11.3 Å². The van der Waals surface area contributed by atoms with Crippen LogP contribution in [0.3, 0.4) is 0 Å². The van der Waals surface area contributed by atoms with E-state index >= 15 is 0 Å². The topological polar surface area (TPSA) is 93.8 Å². The zero-order valence-electron chi connectivity index (χ0n) is 18.5. The van der Waals surface area contributed by atoms with Crippen LogP contribution in [-0.4, -0.2) is 35.6 Å². The third-order valence-electron chi connectivity index (χ3n) is 5.14. The third-order valence-corrected chi connectivity index (χ3v) is 6.07. The molecule has 7 nitrogen and oxygen atoms in total. The van der Waals surface area contributed by atoms with Gasteiger partial charge in [-0.25, -0.2) is 24.3 Å². The molecule has 3 aromatic heterocycles. The maximum atomic E-state index is 13.9. The normalized spacial score (nSPS) is 12.0. The number of hydrogen-bond donors (Lipinski definition) is 1. The molecule has 35 heavy (non-hydrogen) atoms. The molecule has 3 heterocycles. The minimum absolute atomic E-state index is 0.0376. The van der Waals surface area contributed by atoms with Crippen LogP contribution >= 0.6 is 11.8 Å². The molecule has 182 valence electrons. The number of hydrogen-bond acceptors (Lipinski definition) is 6. The lowest BCUT2D eigenvalue weighted by Crippen LogP contribution is -2.10. The van der Waals surface area contributed by atoms with E-state index in [9.17, 15) is 22.4 Å². The van der Waals surface area contributed by atoms with Gasteiger partial charge in [0.05, 0.1) is 18.1 Å². The number of fused-ring (bicyclic) bond motifs is 1. The molecule has 4 rings (SSSR count). The van der Waals surface area contributed by atoms with Crippen molar-refractivity contribution in [3.8, 4) is 11.1 Å². The number of aromatic nitrogens is 5. The fourth-order valence-electron chi connectivity index (χ4n) is 3.50. The van der Waals surface area contributed by atoms with Crippen LogP contribution in [0.4, 0.5) is 17.6 Å². The summed E-state index contributed by atoms with van der Waals surface area (Å²) >= 11 is 1.27. The number of rotatable bonds is 7. The number of aliphatic carboxylic acids is 1. The molecule has 0 saturated heterocycles. The van der Waals surface area contributed by atoms with Crippen LogP contribution in [0, 0.1) is 5.82 Å². The Hall–Kier alpha value is -3.54. The summed E-state index contributed by atoms with van der Waals surface area (Å²) < 4.78 is 54.4. The van der Waals surface area contributed by atoms with Gasteiger partial charge in [0.25, 0.3) is 0 Å². The van der Waals surface area contributed by atoms with Crippen LogP contribution in [0.25, 0.3) is 22.2 Å². The highest BCUT2D eigenvalue weighted by atomic mass is 32.2. The van der Waals surface area contributed by atoms with Crippen LogP contribution in [0.2, 0.25) is 0 Å². The Kier molecular flexibility index (Phi) is 6.75. The zero-order valence-corrected chi connectivity index (χ0v) is 19.4. The van der Waals surface area contributed by atoms with E-state index in [0.29, 0.717) is 38.6 Å². The zero-order chi connectivity index (χ0) is 25.3. The fraction of sp³-hybridized carbons (Fsp3) is 0.261. The number of benzene rings is 1. The monoisotopic (exact) mass is 505 g/mol. The number of nitrogens with zero attached hydrogens (tertiary/aromatic N) is 5. The maximum Gasteiger partial charge on any atom is 0.451 e. The van der Waals surface area contributed by atoms with Crippen molar-refractivity contribution in [3.05, 3.63) is 65.8 Å². The van der Waals surface area contributed by atoms with Crippen molar-refractivity contribution in [2.45, 2.75) is 43.4 Å². The van der Waals surface area contributed by atoms with E-state index < -0.39 is 30.2 Å². The van der Waals surface area contributed by atoms with Gasteiger partial charge in [-0.1, -0.05) is 23.9 Å². The van der Waals surface area contributed by atoms with Crippen LogP contribution < -0.4 is 0 Å². The van der Waals surface area contributed by atoms with Crippen LogP contribution in [0.1, 0.15) is 36.8 Å². The van der Waals surface area contributed by atoms with E-state index in [1.807, 2.05) is 18.4 Å². The summed E-state index contributed by atoms with van der Waals surface area (Å²) in [6, 6.07) is 4.32. The maximum absolute atomic E-state index is 13.9. The summed E-state index contributed by atoms with van der Waals surface area (Å²) in [6.07, 6.45) is 0.594. The lowest BCUT2D eigenvalue weighted by Gasteiger charge is -2.08. The Bertz CT molecular complexity index is 1390. The Labute approximate surface area is 201 Å². The largest absolute Gasteiger partial charge is 0.481 e. The highest BCUT2D eigenvalue weighted by Crippen LogP contribution is 2.33. The first kappa shape index (κ1) is 24.6. The summed E-state index contributed by atoms with van der Waals surface area (Å²) in [5.74, 6) is -2.57. The van der Waals surface area contributed by atoms with Crippen molar-refractivity contribution in [1.29, 1.82) is 0 Å². The van der Waals surface area contributed by atoms with E-state index in [0.717, 1.165) is 12.4 Å². The quantitative estimate of drug-likeness (QED) is 0.200. The number of halogens is 4. The van der Waals surface area contributed by atoms with Gasteiger partial charge < -0.3 is 9.67 Å². The van der Waals surface area contributed by atoms with Gasteiger partial charge in [0, 0.05) is 41.5 Å². The highest BCUT2D eigenvalue weighted by Gasteiger charge is 2.34. The molecule has 0 saturated carbocycles. The molecule has 0 fully saturated rings. The van der Waals surface area contributed by atoms with E-state index in [4.69, 9.17) is 5.11 Å². The number of carboxylic acid groups (broad SMARTS) is 1. The van der Waals surface area contributed by atoms with Gasteiger partial charge in [-0.15, -0.1) is 0 Å². The van der Waals surface area contributed by atoms with Gasteiger partial charge >= 0.3 is 12.1 Å². The minimum atomic E-state index is -4.64. The standard InChI is InChI=1S/C23H19F4N5O2S/c1-12(2)32-10-16(15-7-28-21(29-8-15)23(25,26)27)20-18(32)9-30-22(31-20)35-11-13-3-4-17(24)14(5-13)6-19(33)34/h3-5,7-10,12H,6,11H2,1-2H3,(H,33,34). The Balaban J connectivity index is 1.66.